The van der Waals surface area contributed by atoms with Gasteiger partial charge in [0.25, 0.3) is 0 Å². The van der Waals surface area contributed by atoms with Crippen LogP contribution in [0.1, 0.15) is 46.6 Å². The summed E-state index contributed by atoms with van der Waals surface area (Å²) in [5.41, 5.74) is 0.0915. The third-order valence-corrected chi connectivity index (χ3v) is 3.59. The van der Waals surface area contributed by atoms with E-state index in [1.807, 2.05) is 49.1 Å². The Morgan fingerprint density at radius 2 is 1.77 bits per heavy atom. The number of nitrogens with one attached hydrogen (secondary N) is 1. The maximum atomic E-state index is 12.3. The van der Waals surface area contributed by atoms with Gasteiger partial charge in [-0.1, -0.05) is 37.3 Å². The van der Waals surface area contributed by atoms with Crippen molar-refractivity contribution in [2.24, 2.45) is 0 Å². The Morgan fingerprint density at radius 3 is 2.27 bits per heavy atom. The van der Waals surface area contributed by atoms with Crippen molar-refractivity contribution in [2.75, 3.05) is 13.1 Å². The lowest BCUT2D eigenvalue weighted by atomic mass is 10.0. The predicted molar refractivity (Wildman–Crippen MR) is 90.5 cm³/mol. The van der Waals surface area contributed by atoms with Crippen molar-refractivity contribution in [2.45, 2.75) is 58.7 Å². The first kappa shape index (κ1) is 18.7. The van der Waals surface area contributed by atoms with Crippen molar-refractivity contribution in [1.29, 1.82) is 0 Å². The van der Waals surface area contributed by atoms with E-state index < -0.39 is 5.60 Å². The van der Waals surface area contributed by atoms with Crippen LogP contribution in [0, 0.1) is 0 Å². The molecule has 0 saturated carbocycles. The predicted octanol–water partition coefficient (Wildman–Crippen LogP) is 2.56. The van der Waals surface area contributed by atoms with Crippen molar-refractivity contribution in [3.05, 3.63) is 35.9 Å². The Hall–Kier alpha value is -1.39. The number of nitrogens with zero attached hydrogens (tertiary/aromatic N) is 1. The van der Waals surface area contributed by atoms with Gasteiger partial charge in [0, 0.05) is 18.6 Å². The van der Waals surface area contributed by atoms with Gasteiger partial charge in [0.1, 0.15) is 0 Å². The molecule has 0 radical (unpaired) electrons. The molecule has 1 rings (SSSR count). The first-order valence-electron chi connectivity index (χ1n) is 7.91. The standard InChI is InChI=1S/C18H30N2O2/c1-6-17(2,3)19-16(21)13-20(14-18(4,5)22)12-15-10-8-7-9-11-15/h7-11,22H,6,12-14H2,1-5H3,(H,19,21). The van der Waals surface area contributed by atoms with Gasteiger partial charge in [-0.3, -0.25) is 9.69 Å². The van der Waals surface area contributed by atoms with Gasteiger partial charge in [-0.25, -0.2) is 0 Å². The quantitative estimate of drug-likeness (QED) is 0.776. The van der Waals surface area contributed by atoms with Gasteiger partial charge in [0.2, 0.25) is 5.91 Å². The fourth-order valence-corrected chi connectivity index (χ4v) is 2.26. The molecule has 0 aromatic heterocycles. The molecule has 0 fully saturated rings. The largest absolute Gasteiger partial charge is 0.389 e. The molecule has 1 amide bonds. The van der Waals surface area contributed by atoms with E-state index in [9.17, 15) is 9.90 Å². The number of benzene rings is 1. The summed E-state index contributed by atoms with van der Waals surface area (Å²) in [4.78, 5) is 14.3. The summed E-state index contributed by atoms with van der Waals surface area (Å²) in [7, 11) is 0. The first-order chi connectivity index (χ1) is 10.1. The van der Waals surface area contributed by atoms with Gasteiger partial charge in [0.15, 0.2) is 0 Å². The van der Waals surface area contributed by atoms with Gasteiger partial charge in [-0.05, 0) is 39.7 Å². The zero-order valence-electron chi connectivity index (χ0n) is 14.5. The fourth-order valence-electron chi connectivity index (χ4n) is 2.26. The Morgan fingerprint density at radius 1 is 1.18 bits per heavy atom. The average molecular weight is 306 g/mol. The second kappa shape index (κ2) is 7.75. The molecule has 0 aliphatic rings. The highest BCUT2D eigenvalue weighted by molar-refractivity contribution is 5.78. The van der Waals surface area contributed by atoms with E-state index in [4.69, 9.17) is 0 Å². The minimum absolute atomic E-state index is 0.00738. The Labute approximate surface area is 134 Å². The topological polar surface area (TPSA) is 52.6 Å². The van der Waals surface area contributed by atoms with Crippen LogP contribution in [0.25, 0.3) is 0 Å². The summed E-state index contributed by atoms with van der Waals surface area (Å²) in [6.45, 7) is 11.0. The molecule has 2 N–H and O–H groups in total. The molecule has 1 aromatic carbocycles. The number of rotatable bonds is 8. The molecule has 0 spiro atoms. The molecule has 0 aliphatic carbocycles. The van der Waals surface area contributed by atoms with Gasteiger partial charge in [-0.2, -0.15) is 0 Å². The molecular weight excluding hydrogens is 276 g/mol. The second-order valence-electron chi connectivity index (χ2n) is 7.23. The van der Waals surface area contributed by atoms with E-state index in [-0.39, 0.29) is 18.0 Å². The van der Waals surface area contributed by atoms with Crippen LogP contribution < -0.4 is 5.32 Å². The third-order valence-electron chi connectivity index (χ3n) is 3.59. The lowest BCUT2D eigenvalue weighted by molar-refractivity contribution is -0.124. The maximum absolute atomic E-state index is 12.3. The van der Waals surface area contributed by atoms with Crippen LogP contribution >= 0.6 is 0 Å². The molecular formula is C18H30N2O2. The van der Waals surface area contributed by atoms with Crippen LogP contribution in [0.3, 0.4) is 0 Å². The van der Waals surface area contributed by atoms with Crippen LogP contribution in [-0.4, -0.2) is 40.1 Å². The second-order valence-corrected chi connectivity index (χ2v) is 7.23. The average Bonchev–Trinajstić information content (AvgIpc) is 2.37. The highest BCUT2D eigenvalue weighted by Crippen LogP contribution is 2.11. The van der Waals surface area contributed by atoms with Crippen molar-refractivity contribution < 1.29 is 9.90 Å². The summed E-state index contributed by atoms with van der Waals surface area (Å²) in [5.74, 6) is -0.00738. The highest BCUT2D eigenvalue weighted by atomic mass is 16.3. The number of carbonyl (C=O) groups excluding carboxylic acids is 1. The van der Waals surface area contributed by atoms with E-state index in [2.05, 4.69) is 12.2 Å². The van der Waals surface area contributed by atoms with Crippen LogP contribution in [0.15, 0.2) is 30.3 Å². The van der Waals surface area contributed by atoms with Gasteiger partial charge in [0.05, 0.1) is 12.1 Å². The molecule has 124 valence electrons. The van der Waals surface area contributed by atoms with E-state index in [0.29, 0.717) is 13.1 Å². The number of amides is 1. The van der Waals surface area contributed by atoms with Crippen LogP contribution in [0.5, 0.6) is 0 Å². The van der Waals surface area contributed by atoms with Crippen LogP contribution in [0.2, 0.25) is 0 Å². The van der Waals surface area contributed by atoms with E-state index in [1.165, 1.54) is 0 Å². The summed E-state index contributed by atoms with van der Waals surface area (Å²) in [6.07, 6.45) is 0.878. The minimum Gasteiger partial charge on any atom is -0.389 e. The molecule has 22 heavy (non-hydrogen) atoms. The molecule has 0 heterocycles. The summed E-state index contributed by atoms with van der Waals surface area (Å²) in [6, 6.07) is 10.0. The van der Waals surface area contributed by atoms with Crippen molar-refractivity contribution in [1.82, 2.24) is 10.2 Å². The normalized spacial score (nSPS) is 12.5. The highest BCUT2D eigenvalue weighted by Gasteiger charge is 2.23. The van der Waals surface area contributed by atoms with E-state index in [0.717, 1.165) is 12.0 Å². The molecule has 0 saturated heterocycles. The van der Waals surface area contributed by atoms with Gasteiger partial charge >= 0.3 is 0 Å². The number of hydrogen-bond acceptors (Lipinski definition) is 3. The minimum atomic E-state index is -0.838. The maximum Gasteiger partial charge on any atom is 0.234 e. The zero-order valence-corrected chi connectivity index (χ0v) is 14.5. The van der Waals surface area contributed by atoms with Crippen molar-refractivity contribution >= 4 is 5.91 Å². The molecule has 0 atom stereocenters. The lowest BCUT2D eigenvalue weighted by Crippen LogP contribution is -2.49. The molecule has 1 aromatic rings. The smallest absolute Gasteiger partial charge is 0.234 e. The Kier molecular flexibility index (Phi) is 6.57. The summed E-state index contributed by atoms with van der Waals surface area (Å²) >= 11 is 0. The first-order valence-corrected chi connectivity index (χ1v) is 7.91. The summed E-state index contributed by atoms with van der Waals surface area (Å²) < 4.78 is 0. The zero-order chi connectivity index (χ0) is 16.8. The monoisotopic (exact) mass is 306 g/mol. The molecule has 4 nitrogen and oxygen atoms in total. The van der Waals surface area contributed by atoms with Crippen LogP contribution in [-0.2, 0) is 11.3 Å². The molecule has 0 aliphatic heterocycles. The SMILES string of the molecule is CCC(C)(C)NC(=O)CN(Cc1ccccc1)CC(C)(C)O. The fraction of sp³-hybridized carbons (Fsp3) is 0.611. The van der Waals surface area contributed by atoms with Gasteiger partial charge in [-0.15, -0.1) is 0 Å². The van der Waals surface area contributed by atoms with Crippen molar-refractivity contribution in [3.63, 3.8) is 0 Å². The van der Waals surface area contributed by atoms with Crippen LogP contribution in [0.4, 0.5) is 0 Å². The van der Waals surface area contributed by atoms with Crippen molar-refractivity contribution in [3.8, 4) is 0 Å². The Bertz CT molecular complexity index is 464. The number of aliphatic hydroxyl groups is 1. The third kappa shape index (κ3) is 7.57. The Balaban J connectivity index is 2.72. The lowest BCUT2D eigenvalue weighted by Gasteiger charge is -2.31. The van der Waals surface area contributed by atoms with E-state index in [1.54, 1.807) is 13.8 Å². The van der Waals surface area contributed by atoms with E-state index >= 15 is 0 Å². The number of carbonyl (C=O) groups is 1. The number of hydrogen-bond donors (Lipinski definition) is 2. The molecule has 4 heteroatoms. The molecule has 0 unspecified atom stereocenters. The van der Waals surface area contributed by atoms with Gasteiger partial charge < -0.3 is 10.4 Å². The molecule has 0 bridgehead atoms. The summed E-state index contributed by atoms with van der Waals surface area (Å²) in [5, 5.41) is 13.1.